The summed E-state index contributed by atoms with van der Waals surface area (Å²) in [5.41, 5.74) is 2.64. The molecule has 5 nitrogen and oxygen atoms in total. The van der Waals surface area contributed by atoms with Crippen molar-refractivity contribution in [2.24, 2.45) is 5.92 Å². The molecule has 2 aromatic carbocycles. The van der Waals surface area contributed by atoms with E-state index < -0.39 is 18.0 Å². The van der Waals surface area contributed by atoms with Crippen molar-refractivity contribution < 1.29 is 19.4 Å². The van der Waals surface area contributed by atoms with Crippen LogP contribution in [-0.2, 0) is 16.1 Å². The largest absolute Gasteiger partial charge is 0.481 e. The van der Waals surface area contributed by atoms with Crippen LogP contribution >= 0.6 is 11.6 Å². The molecule has 136 valence electrons. The quantitative estimate of drug-likeness (QED) is 0.876. The van der Waals surface area contributed by atoms with Crippen LogP contribution in [0.3, 0.4) is 0 Å². The van der Waals surface area contributed by atoms with E-state index in [0.717, 1.165) is 16.7 Å². The minimum Gasteiger partial charge on any atom is -0.481 e. The van der Waals surface area contributed by atoms with Gasteiger partial charge in [0.2, 0.25) is 0 Å². The van der Waals surface area contributed by atoms with Crippen LogP contribution in [0.15, 0.2) is 48.5 Å². The molecule has 1 saturated heterocycles. The highest BCUT2D eigenvalue weighted by atomic mass is 35.5. The number of carboxylic acids is 1. The second kappa shape index (κ2) is 7.79. The fourth-order valence-electron chi connectivity index (χ4n) is 3.26. The Morgan fingerprint density at radius 1 is 1.19 bits per heavy atom. The zero-order valence-corrected chi connectivity index (χ0v) is 15.1. The number of halogens is 1. The molecule has 0 saturated carbocycles. The first-order valence-corrected chi connectivity index (χ1v) is 8.78. The predicted octanol–water partition coefficient (Wildman–Crippen LogP) is 4.09. The van der Waals surface area contributed by atoms with Gasteiger partial charge in [0.25, 0.3) is 0 Å². The minimum absolute atomic E-state index is 0.109. The van der Waals surface area contributed by atoms with E-state index in [9.17, 15) is 14.7 Å². The summed E-state index contributed by atoms with van der Waals surface area (Å²) in [4.78, 5) is 25.5. The van der Waals surface area contributed by atoms with Gasteiger partial charge < -0.3 is 14.7 Å². The second-order valence-corrected chi connectivity index (χ2v) is 6.93. The van der Waals surface area contributed by atoms with Crippen molar-refractivity contribution >= 4 is 23.7 Å². The molecule has 1 fully saturated rings. The molecule has 2 atom stereocenters. The van der Waals surface area contributed by atoms with E-state index in [4.69, 9.17) is 16.3 Å². The standard InChI is InChI=1S/C20H20ClNO4/c1-13-7-8-15(18(21)9-13)16-10-22(11-17(16)19(23)24)20(25)26-12-14-5-3-2-4-6-14/h2-9,16-17H,10-12H2,1H3,(H,23,24)/t16-,17+/m0/s1. The summed E-state index contributed by atoms with van der Waals surface area (Å²) in [5.74, 6) is -2.01. The van der Waals surface area contributed by atoms with E-state index in [0.29, 0.717) is 5.02 Å². The number of carbonyl (C=O) groups excluding carboxylic acids is 1. The van der Waals surface area contributed by atoms with Gasteiger partial charge in [-0.3, -0.25) is 4.79 Å². The minimum atomic E-state index is -0.940. The molecule has 26 heavy (non-hydrogen) atoms. The maximum absolute atomic E-state index is 12.4. The van der Waals surface area contributed by atoms with Gasteiger partial charge in [0.05, 0.1) is 5.92 Å². The van der Waals surface area contributed by atoms with E-state index in [2.05, 4.69) is 0 Å². The molecule has 0 unspecified atom stereocenters. The van der Waals surface area contributed by atoms with Crippen molar-refractivity contribution in [2.75, 3.05) is 13.1 Å². The molecule has 0 bridgehead atoms. The third kappa shape index (κ3) is 3.99. The first-order valence-electron chi connectivity index (χ1n) is 8.40. The van der Waals surface area contributed by atoms with Crippen LogP contribution in [0.2, 0.25) is 5.02 Å². The highest BCUT2D eigenvalue weighted by Gasteiger charge is 2.41. The fourth-order valence-corrected chi connectivity index (χ4v) is 3.64. The molecule has 1 amide bonds. The summed E-state index contributed by atoms with van der Waals surface area (Å²) < 4.78 is 5.33. The predicted molar refractivity (Wildman–Crippen MR) is 98.3 cm³/mol. The number of benzene rings is 2. The number of carbonyl (C=O) groups is 2. The van der Waals surface area contributed by atoms with E-state index in [1.165, 1.54) is 4.90 Å². The van der Waals surface area contributed by atoms with Crippen LogP contribution in [0.5, 0.6) is 0 Å². The third-order valence-corrected chi connectivity index (χ3v) is 4.98. The lowest BCUT2D eigenvalue weighted by molar-refractivity contribution is -0.141. The smallest absolute Gasteiger partial charge is 0.410 e. The lowest BCUT2D eigenvalue weighted by Crippen LogP contribution is -2.30. The number of ether oxygens (including phenoxy) is 1. The van der Waals surface area contributed by atoms with Crippen LogP contribution in [0.25, 0.3) is 0 Å². The number of hydrogen-bond donors (Lipinski definition) is 1. The Labute approximate surface area is 157 Å². The second-order valence-electron chi connectivity index (χ2n) is 6.52. The van der Waals surface area contributed by atoms with Crippen molar-refractivity contribution in [1.29, 1.82) is 0 Å². The number of amides is 1. The first-order chi connectivity index (χ1) is 12.5. The van der Waals surface area contributed by atoms with Gasteiger partial charge in [0.1, 0.15) is 6.61 Å². The average molecular weight is 374 g/mol. The van der Waals surface area contributed by atoms with Crippen molar-refractivity contribution in [3.8, 4) is 0 Å². The number of rotatable bonds is 4. The van der Waals surface area contributed by atoms with Gasteiger partial charge in [-0.1, -0.05) is 54.1 Å². The third-order valence-electron chi connectivity index (χ3n) is 4.66. The van der Waals surface area contributed by atoms with Gasteiger partial charge >= 0.3 is 12.1 Å². The molecule has 1 aliphatic heterocycles. The number of aliphatic carboxylic acids is 1. The normalized spacial score (nSPS) is 19.4. The summed E-state index contributed by atoms with van der Waals surface area (Å²) >= 11 is 6.32. The van der Waals surface area contributed by atoms with Crippen molar-refractivity contribution in [2.45, 2.75) is 19.4 Å². The molecule has 1 heterocycles. The first kappa shape index (κ1) is 18.3. The van der Waals surface area contributed by atoms with Crippen LogP contribution in [0.1, 0.15) is 22.6 Å². The van der Waals surface area contributed by atoms with Crippen LogP contribution < -0.4 is 0 Å². The number of aryl methyl sites for hydroxylation is 1. The van der Waals surface area contributed by atoms with Crippen molar-refractivity contribution in [1.82, 2.24) is 4.90 Å². The van der Waals surface area contributed by atoms with Gasteiger partial charge in [-0.15, -0.1) is 0 Å². The Bertz CT molecular complexity index is 809. The maximum Gasteiger partial charge on any atom is 0.410 e. The number of likely N-dealkylation sites (tertiary alicyclic amines) is 1. The molecule has 1 N–H and O–H groups in total. The highest BCUT2D eigenvalue weighted by Crippen LogP contribution is 2.37. The molecule has 6 heteroatoms. The van der Waals surface area contributed by atoms with Crippen molar-refractivity contribution in [3.63, 3.8) is 0 Å². The average Bonchev–Trinajstić information content (AvgIpc) is 3.06. The fraction of sp³-hybridized carbons (Fsp3) is 0.300. The van der Waals surface area contributed by atoms with E-state index in [1.807, 2.05) is 55.5 Å². The van der Waals surface area contributed by atoms with Gasteiger partial charge in [0.15, 0.2) is 0 Å². The molecule has 1 aliphatic rings. The van der Waals surface area contributed by atoms with Crippen LogP contribution in [-0.4, -0.2) is 35.2 Å². The zero-order valence-electron chi connectivity index (χ0n) is 14.4. The topological polar surface area (TPSA) is 66.8 Å². The summed E-state index contributed by atoms with van der Waals surface area (Å²) in [7, 11) is 0. The maximum atomic E-state index is 12.4. The van der Waals surface area contributed by atoms with Gasteiger partial charge in [-0.25, -0.2) is 4.79 Å². The van der Waals surface area contributed by atoms with Crippen molar-refractivity contribution in [3.05, 3.63) is 70.2 Å². The Kier molecular flexibility index (Phi) is 5.47. The van der Waals surface area contributed by atoms with Gasteiger partial charge in [-0.05, 0) is 29.7 Å². The van der Waals surface area contributed by atoms with E-state index >= 15 is 0 Å². The molecular formula is C20H20ClNO4. The summed E-state index contributed by atoms with van der Waals surface area (Å²) in [6.07, 6.45) is -0.508. The Morgan fingerprint density at radius 3 is 2.58 bits per heavy atom. The van der Waals surface area contributed by atoms with E-state index in [1.54, 1.807) is 0 Å². The molecule has 3 rings (SSSR count). The lowest BCUT2D eigenvalue weighted by atomic mass is 9.88. The summed E-state index contributed by atoms with van der Waals surface area (Å²) in [6.45, 7) is 2.46. The van der Waals surface area contributed by atoms with Gasteiger partial charge in [-0.2, -0.15) is 0 Å². The Balaban J connectivity index is 1.72. The summed E-state index contributed by atoms with van der Waals surface area (Å²) in [5, 5.41) is 10.1. The molecular weight excluding hydrogens is 354 g/mol. The SMILES string of the molecule is Cc1ccc([C@@H]2CN(C(=O)OCc3ccccc3)C[C@H]2C(=O)O)c(Cl)c1. The Morgan fingerprint density at radius 2 is 1.92 bits per heavy atom. The highest BCUT2D eigenvalue weighted by molar-refractivity contribution is 6.31. The van der Waals surface area contributed by atoms with Gasteiger partial charge in [0, 0.05) is 24.0 Å². The zero-order chi connectivity index (χ0) is 18.7. The molecule has 2 aromatic rings. The monoisotopic (exact) mass is 373 g/mol. The van der Waals surface area contributed by atoms with Crippen LogP contribution in [0.4, 0.5) is 4.79 Å². The van der Waals surface area contributed by atoms with Crippen LogP contribution in [0, 0.1) is 12.8 Å². The molecule has 0 spiro atoms. The summed E-state index contributed by atoms with van der Waals surface area (Å²) in [6, 6.07) is 14.9. The molecule has 0 aliphatic carbocycles. The number of hydrogen-bond acceptors (Lipinski definition) is 3. The molecule has 0 radical (unpaired) electrons. The number of carboxylic acid groups (broad SMARTS) is 1. The lowest BCUT2D eigenvalue weighted by Gasteiger charge is -2.17. The molecule has 0 aromatic heterocycles. The number of nitrogens with zero attached hydrogens (tertiary/aromatic N) is 1. The van der Waals surface area contributed by atoms with E-state index in [-0.39, 0.29) is 25.6 Å². The Hall–Kier alpha value is -2.53.